The van der Waals surface area contributed by atoms with E-state index in [0.717, 1.165) is 5.56 Å². The van der Waals surface area contributed by atoms with E-state index in [1.54, 1.807) is 78.9 Å². The fourth-order valence-corrected chi connectivity index (χ4v) is 5.68. The minimum Gasteiger partial charge on any atom is -0.504 e. The molecule has 0 unspecified atom stereocenters. The first kappa shape index (κ1) is 30.0. The largest absolute Gasteiger partial charge is 0.504 e. The molecule has 0 atom stereocenters. The van der Waals surface area contributed by atoms with Crippen molar-refractivity contribution in [1.82, 2.24) is 0 Å². The summed E-state index contributed by atoms with van der Waals surface area (Å²) in [5.41, 5.74) is 3.26. The van der Waals surface area contributed by atoms with Gasteiger partial charge in [-0.3, -0.25) is 14.4 Å². The highest BCUT2D eigenvalue weighted by Crippen LogP contribution is 2.39. The van der Waals surface area contributed by atoms with Crippen molar-refractivity contribution < 1.29 is 34.8 Å². The number of nitrogens with one attached hydrogen (secondary N) is 1. The zero-order valence-corrected chi connectivity index (χ0v) is 24.6. The zero-order chi connectivity index (χ0) is 32.4. The summed E-state index contributed by atoms with van der Waals surface area (Å²) in [6.45, 7) is 0.445. The predicted molar refractivity (Wildman–Crippen MR) is 173 cm³/mol. The number of benzene rings is 5. The van der Waals surface area contributed by atoms with Gasteiger partial charge >= 0.3 is 0 Å². The molecular weight excluding hydrogens is 584 g/mol. The average Bonchev–Trinajstić information content (AvgIpc) is 3.07. The number of fused-ring (bicyclic) bond motifs is 2. The molecule has 0 saturated heterocycles. The van der Waals surface area contributed by atoms with Gasteiger partial charge in [-0.2, -0.15) is 0 Å². The minimum atomic E-state index is -0.388. The number of anilines is 2. The van der Waals surface area contributed by atoms with Crippen molar-refractivity contribution in [1.29, 1.82) is 0 Å². The fourth-order valence-electron chi connectivity index (χ4n) is 5.68. The Morgan fingerprint density at radius 2 is 1.17 bits per heavy atom. The van der Waals surface area contributed by atoms with Gasteiger partial charge in [0.25, 0.3) is 5.91 Å². The van der Waals surface area contributed by atoms with Crippen molar-refractivity contribution in [2.45, 2.75) is 12.8 Å². The summed E-state index contributed by atoms with van der Waals surface area (Å²) >= 11 is 0. The van der Waals surface area contributed by atoms with Crippen molar-refractivity contribution in [2.24, 2.45) is 0 Å². The van der Waals surface area contributed by atoms with E-state index in [1.165, 1.54) is 29.2 Å². The monoisotopic (exact) mass is 614 g/mol. The first-order chi connectivity index (χ1) is 22.2. The predicted octanol–water partition coefficient (Wildman–Crippen LogP) is 5.83. The van der Waals surface area contributed by atoms with Crippen LogP contribution < -0.4 is 10.2 Å². The Balaban J connectivity index is 1.42. The smallest absolute Gasteiger partial charge is 0.258 e. The van der Waals surface area contributed by atoms with Crippen LogP contribution in [0, 0.1) is 0 Å². The number of nitrogens with zero attached hydrogens (tertiary/aromatic N) is 1. The number of carbonyl (C=O) groups is 3. The Kier molecular flexibility index (Phi) is 8.13. The summed E-state index contributed by atoms with van der Waals surface area (Å²) in [6.07, 6.45) is 0.723. The Morgan fingerprint density at radius 3 is 1.78 bits per heavy atom. The summed E-state index contributed by atoms with van der Waals surface area (Å²) in [6, 6.07) is 27.5. The molecule has 1 aliphatic rings. The number of amides is 1. The Bertz CT molecular complexity index is 1990. The van der Waals surface area contributed by atoms with E-state index in [4.69, 9.17) is 0 Å². The van der Waals surface area contributed by atoms with Gasteiger partial charge in [-0.1, -0.05) is 54.6 Å². The third-order valence-corrected chi connectivity index (χ3v) is 8.04. The van der Waals surface area contributed by atoms with Gasteiger partial charge in [0, 0.05) is 35.5 Å². The zero-order valence-electron chi connectivity index (χ0n) is 24.6. The first-order valence-corrected chi connectivity index (χ1v) is 14.7. The molecule has 0 spiro atoms. The van der Waals surface area contributed by atoms with Crippen molar-refractivity contribution in [2.75, 3.05) is 23.3 Å². The van der Waals surface area contributed by atoms with Crippen LogP contribution in [0.15, 0.2) is 103 Å². The molecule has 9 nitrogen and oxygen atoms in total. The van der Waals surface area contributed by atoms with Crippen LogP contribution >= 0.6 is 0 Å². The van der Waals surface area contributed by atoms with Crippen LogP contribution in [0.2, 0.25) is 0 Å². The van der Waals surface area contributed by atoms with Crippen LogP contribution in [0.25, 0.3) is 0 Å². The van der Waals surface area contributed by atoms with E-state index in [1.807, 2.05) is 0 Å². The minimum absolute atomic E-state index is 0.102. The Labute approximate surface area is 264 Å². The summed E-state index contributed by atoms with van der Waals surface area (Å²) in [5, 5.41) is 42.6. The number of aromatic hydroxyl groups is 4. The lowest BCUT2D eigenvalue weighted by molar-refractivity contribution is 0.0973. The van der Waals surface area contributed by atoms with Crippen molar-refractivity contribution in [3.8, 4) is 23.0 Å². The van der Waals surface area contributed by atoms with E-state index < -0.39 is 0 Å². The summed E-state index contributed by atoms with van der Waals surface area (Å²) < 4.78 is 0. The molecule has 5 aromatic carbocycles. The third kappa shape index (κ3) is 5.73. The second-order valence-corrected chi connectivity index (χ2v) is 11.0. The van der Waals surface area contributed by atoms with Gasteiger partial charge < -0.3 is 30.6 Å². The highest BCUT2D eigenvalue weighted by molar-refractivity contribution is 6.32. The van der Waals surface area contributed by atoms with E-state index in [9.17, 15) is 34.8 Å². The summed E-state index contributed by atoms with van der Waals surface area (Å²) in [4.78, 5) is 43.8. The molecule has 1 amide bonds. The van der Waals surface area contributed by atoms with Crippen molar-refractivity contribution >= 4 is 28.8 Å². The normalized spacial score (nSPS) is 11.9. The second-order valence-electron chi connectivity index (χ2n) is 11.0. The third-order valence-electron chi connectivity index (χ3n) is 8.04. The van der Waals surface area contributed by atoms with Crippen LogP contribution in [0.3, 0.4) is 0 Å². The topological polar surface area (TPSA) is 147 Å². The van der Waals surface area contributed by atoms with E-state index in [0.29, 0.717) is 29.8 Å². The van der Waals surface area contributed by atoms with Crippen LogP contribution in [-0.2, 0) is 12.8 Å². The molecule has 9 heteroatoms. The summed E-state index contributed by atoms with van der Waals surface area (Å²) in [7, 11) is 0. The second kappa shape index (κ2) is 12.5. The lowest BCUT2D eigenvalue weighted by atomic mass is 9.82. The molecule has 5 aromatic rings. The lowest BCUT2D eigenvalue weighted by Crippen LogP contribution is -2.36. The molecule has 0 aromatic heterocycles. The number of hydrogen-bond donors (Lipinski definition) is 5. The molecule has 1 aliphatic carbocycles. The number of carbonyl (C=O) groups excluding carboxylic acids is 3. The van der Waals surface area contributed by atoms with Crippen LogP contribution in [-0.4, -0.2) is 51.0 Å². The number of phenols is 4. The number of phenolic OH excluding ortho intramolecular Hbond substituents is 4. The maximum atomic E-state index is 14.2. The van der Waals surface area contributed by atoms with E-state index in [2.05, 4.69) is 5.32 Å². The number of rotatable bonds is 9. The van der Waals surface area contributed by atoms with Crippen molar-refractivity contribution in [3.05, 3.63) is 142 Å². The van der Waals surface area contributed by atoms with Gasteiger partial charge in [0.15, 0.2) is 34.6 Å². The Morgan fingerprint density at radius 1 is 0.609 bits per heavy atom. The molecule has 46 heavy (non-hydrogen) atoms. The van der Waals surface area contributed by atoms with E-state index in [-0.39, 0.29) is 81.4 Å². The van der Waals surface area contributed by atoms with Gasteiger partial charge in [-0.05, 0) is 72.5 Å². The molecule has 0 aliphatic heterocycles. The first-order valence-electron chi connectivity index (χ1n) is 14.7. The Hall–Kier alpha value is -6.09. The molecule has 0 saturated carbocycles. The fraction of sp³-hybridized carbons (Fsp3) is 0.108. The maximum absolute atomic E-state index is 14.2. The highest BCUT2D eigenvalue weighted by Gasteiger charge is 2.36. The standard InChI is InChI=1S/C37H30N2O7/c40-29-14-10-22(20-31(29)42)16-18-38-27-12-13-28(34-33(27)35(44)25-8-4-5-9-26(25)36(34)45)39(37(46)24-6-2-1-3-7-24)19-17-23-11-15-30(41)32(43)21-23/h1-15,20-21,38,40-43H,16-19H2. The molecule has 5 N–H and O–H groups in total. The summed E-state index contributed by atoms with van der Waals surface area (Å²) in [5.74, 6) is -2.12. The number of ketones is 2. The van der Waals surface area contributed by atoms with Crippen molar-refractivity contribution in [3.63, 3.8) is 0 Å². The highest BCUT2D eigenvalue weighted by atomic mass is 16.3. The molecular formula is C37H30N2O7. The van der Waals surface area contributed by atoms with Gasteiger partial charge in [0.05, 0.1) is 16.8 Å². The quantitative estimate of drug-likeness (QED) is 0.128. The van der Waals surface area contributed by atoms with Crippen LogP contribution in [0.4, 0.5) is 11.4 Å². The SMILES string of the molecule is O=C1c2ccccc2C(=O)c2c(N(CCc3ccc(O)c(O)c3)C(=O)c3ccccc3)ccc(NCCc3ccc(O)c(O)c3)c21. The van der Waals surface area contributed by atoms with Crippen LogP contribution in [0.5, 0.6) is 23.0 Å². The molecule has 0 heterocycles. The molecule has 230 valence electrons. The average molecular weight is 615 g/mol. The van der Waals surface area contributed by atoms with E-state index >= 15 is 0 Å². The molecule has 6 rings (SSSR count). The number of hydrogen-bond acceptors (Lipinski definition) is 8. The lowest BCUT2D eigenvalue weighted by Gasteiger charge is -2.29. The van der Waals surface area contributed by atoms with Gasteiger partial charge in [0.2, 0.25) is 0 Å². The molecule has 0 radical (unpaired) electrons. The van der Waals surface area contributed by atoms with Gasteiger partial charge in [-0.15, -0.1) is 0 Å². The van der Waals surface area contributed by atoms with Gasteiger partial charge in [0.1, 0.15) is 0 Å². The maximum Gasteiger partial charge on any atom is 0.258 e. The molecule has 0 bridgehead atoms. The van der Waals surface area contributed by atoms with Gasteiger partial charge in [-0.25, -0.2) is 0 Å². The van der Waals surface area contributed by atoms with Crippen LogP contribution in [0.1, 0.15) is 53.3 Å². The molecule has 0 fully saturated rings.